The molecule has 1 fully saturated rings. The van der Waals surface area contributed by atoms with Crippen molar-refractivity contribution in [2.45, 2.75) is 23.1 Å². The van der Waals surface area contributed by atoms with E-state index in [1.54, 1.807) is 6.92 Å². The van der Waals surface area contributed by atoms with Crippen molar-refractivity contribution in [3.63, 3.8) is 0 Å². The number of hydrogen-bond donors (Lipinski definition) is 1. The van der Waals surface area contributed by atoms with Crippen LogP contribution in [0.5, 0.6) is 0 Å². The number of fused-ring (bicyclic) bond motifs is 2. The Hall–Kier alpha value is -2.92. The van der Waals surface area contributed by atoms with Crippen LogP contribution in [0.25, 0.3) is 0 Å². The number of thiazole rings is 1. The standard InChI is InChI=1S/C19H16N2O7S2/c1-3-28-17(24)8-4-6-9(7-5-8)21-15(22)10-11(18(25)27-2)12-14(20-19(26)30-12)29-13(10)16(21)23/h4-7,10-11,13H,3H2,1-2H3,(H,20,26)/t10-,11-,13+/m1/s1. The maximum absolute atomic E-state index is 13.2. The van der Waals surface area contributed by atoms with E-state index in [1.807, 2.05) is 0 Å². The number of carbonyl (C=O) groups is 4. The van der Waals surface area contributed by atoms with Crippen molar-refractivity contribution in [2.24, 2.45) is 5.92 Å². The third-order valence-corrected chi connectivity index (χ3v) is 7.32. The van der Waals surface area contributed by atoms with Gasteiger partial charge >= 0.3 is 16.8 Å². The summed E-state index contributed by atoms with van der Waals surface area (Å²) in [5, 5.41) is -0.466. The molecule has 0 saturated carbocycles. The van der Waals surface area contributed by atoms with Crippen LogP contribution in [0.2, 0.25) is 0 Å². The fourth-order valence-electron chi connectivity index (χ4n) is 3.61. The third-order valence-electron chi connectivity index (χ3n) is 4.92. The number of thioether (sulfide) groups is 1. The van der Waals surface area contributed by atoms with Gasteiger partial charge in [-0.15, -0.1) is 0 Å². The SMILES string of the molecule is CCOC(=O)c1ccc(N2C(=O)[C@H]3[C@H](Sc4[nH]c(=O)sc4[C@@H]3C(=O)OC)C2=O)cc1. The van der Waals surface area contributed by atoms with E-state index in [-0.39, 0.29) is 17.2 Å². The molecule has 3 heterocycles. The van der Waals surface area contributed by atoms with Crippen LogP contribution in [-0.4, -0.2) is 47.7 Å². The Labute approximate surface area is 178 Å². The first-order valence-corrected chi connectivity index (χ1v) is 10.7. The smallest absolute Gasteiger partial charge is 0.338 e. The largest absolute Gasteiger partial charge is 0.469 e. The van der Waals surface area contributed by atoms with E-state index in [2.05, 4.69) is 4.98 Å². The van der Waals surface area contributed by atoms with Crippen LogP contribution in [0.1, 0.15) is 28.1 Å². The minimum atomic E-state index is -1.04. The second-order valence-electron chi connectivity index (χ2n) is 6.55. The van der Waals surface area contributed by atoms with Crippen molar-refractivity contribution in [3.8, 4) is 0 Å². The first-order chi connectivity index (χ1) is 14.4. The number of esters is 2. The highest BCUT2D eigenvalue weighted by Crippen LogP contribution is 2.51. The monoisotopic (exact) mass is 448 g/mol. The molecule has 0 unspecified atom stereocenters. The van der Waals surface area contributed by atoms with E-state index in [1.165, 1.54) is 31.4 Å². The molecule has 1 aromatic heterocycles. The van der Waals surface area contributed by atoms with Crippen LogP contribution in [-0.2, 0) is 23.9 Å². The normalized spacial score (nSPS) is 22.5. The van der Waals surface area contributed by atoms with Crippen LogP contribution in [0.3, 0.4) is 0 Å². The summed E-state index contributed by atoms with van der Waals surface area (Å²) in [6.45, 7) is 1.92. The number of nitrogens with zero attached hydrogens (tertiary/aromatic N) is 1. The fraction of sp³-hybridized carbons (Fsp3) is 0.316. The van der Waals surface area contributed by atoms with Crippen molar-refractivity contribution >= 4 is 52.5 Å². The number of nitrogens with one attached hydrogen (secondary N) is 1. The van der Waals surface area contributed by atoms with Crippen molar-refractivity contribution in [1.29, 1.82) is 0 Å². The number of amides is 2. The van der Waals surface area contributed by atoms with E-state index in [0.29, 0.717) is 15.5 Å². The van der Waals surface area contributed by atoms with E-state index in [4.69, 9.17) is 9.47 Å². The molecule has 0 bridgehead atoms. The summed E-state index contributed by atoms with van der Waals surface area (Å²) in [7, 11) is 1.20. The first-order valence-electron chi connectivity index (χ1n) is 8.99. The van der Waals surface area contributed by atoms with Gasteiger partial charge in [0.15, 0.2) is 0 Å². The van der Waals surface area contributed by atoms with Gasteiger partial charge in [-0.1, -0.05) is 23.1 Å². The number of anilines is 1. The lowest BCUT2D eigenvalue weighted by molar-refractivity contribution is -0.145. The number of ether oxygens (including phenoxy) is 2. The summed E-state index contributed by atoms with van der Waals surface area (Å²) in [4.78, 5) is 66.1. The summed E-state index contributed by atoms with van der Waals surface area (Å²) in [5.74, 6) is -4.26. The predicted molar refractivity (Wildman–Crippen MR) is 108 cm³/mol. The lowest BCUT2D eigenvalue weighted by Gasteiger charge is -2.27. The molecule has 1 aromatic carbocycles. The summed E-state index contributed by atoms with van der Waals surface area (Å²) in [6, 6.07) is 5.90. The highest BCUT2D eigenvalue weighted by atomic mass is 32.2. The van der Waals surface area contributed by atoms with Gasteiger partial charge in [-0.3, -0.25) is 19.2 Å². The molecule has 2 aromatic rings. The van der Waals surface area contributed by atoms with Gasteiger partial charge in [0.2, 0.25) is 11.8 Å². The van der Waals surface area contributed by atoms with E-state index >= 15 is 0 Å². The molecular weight excluding hydrogens is 432 g/mol. The Morgan fingerprint density at radius 1 is 1.13 bits per heavy atom. The number of aromatic amines is 1. The van der Waals surface area contributed by atoms with Gasteiger partial charge in [-0.25, -0.2) is 9.69 Å². The molecule has 0 aliphatic carbocycles. The van der Waals surface area contributed by atoms with Crippen LogP contribution in [0.15, 0.2) is 34.1 Å². The molecule has 3 atom stereocenters. The van der Waals surface area contributed by atoms with Gasteiger partial charge in [0, 0.05) is 0 Å². The van der Waals surface area contributed by atoms with Crippen molar-refractivity contribution < 1.29 is 28.7 Å². The molecule has 1 N–H and O–H groups in total. The quantitative estimate of drug-likeness (QED) is 0.552. The Morgan fingerprint density at radius 3 is 2.47 bits per heavy atom. The molecular formula is C19H16N2O7S2. The molecule has 0 radical (unpaired) electrons. The van der Waals surface area contributed by atoms with E-state index in [9.17, 15) is 24.0 Å². The van der Waals surface area contributed by atoms with E-state index in [0.717, 1.165) is 28.0 Å². The van der Waals surface area contributed by atoms with Crippen LogP contribution in [0.4, 0.5) is 5.69 Å². The molecule has 11 heteroatoms. The maximum atomic E-state index is 13.2. The number of hydrogen-bond acceptors (Lipinski definition) is 9. The lowest BCUT2D eigenvalue weighted by Crippen LogP contribution is -2.35. The summed E-state index contributed by atoms with van der Waals surface area (Å²) < 4.78 is 9.80. The van der Waals surface area contributed by atoms with Crippen molar-refractivity contribution in [2.75, 3.05) is 18.6 Å². The summed E-state index contributed by atoms with van der Waals surface area (Å²) >= 11 is 1.90. The number of imide groups is 1. The minimum absolute atomic E-state index is 0.228. The number of aromatic nitrogens is 1. The van der Waals surface area contributed by atoms with Gasteiger partial charge in [0.05, 0.1) is 40.8 Å². The zero-order chi connectivity index (χ0) is 21.6. The molecule has 0 spiro atoms. The van der Waals surface area contributed by atoms with Crippen molar-refractivity contribution in [1.82, 2.24) is 4.98 Å². The van der Waals surface area contributed by atoms with Gasteiger partial charge < -0.3 is 14.5 Å². The number of methoxy groups -OCH3 is 1. The average Bonchev–Trinajstić information content (AvgIpc) is 3.22. The van der Waals surface area contributed by atoms with Gasteiger partial charge in [0.1, 0.15) is 11.2 Å². The fourth-order valence-corrected chi connectivity index (χ4v) is 6.09. The second kappa shape index (κ2) is 7.73. The highest BCUT2D eigenvalue weighted by molar-refractivity contribution is 8.00. The van der Waals surface area contributed by atoms with Crippen LogP contribution in [0, 0.1) is 5.92 Å². The number of benzene rings is 1. The van der Waals surface area contributed by atoms with Crippen LogP contribution < -0.4 is 9.77 Å². The molecule has 9 nitrogen and oxygen atoms in total. The van der Waals surface area contributed by atoms with Crippen molar-refractivity contribution in [3.05, 3.63) is 44.4 Å². The third kappa shape index (κ3) is 3.14. The topological polar surface area (TPSA) is 123 Å². The number of rotatable bonds is 4. The molecule has 2 aliphatic heterocycles. The maximum Gasteiger partial charge on any atom is 0.338 e. The lowest BCUT2D eigenvalue weighted by atomic mass is 9.89. The molecule has 30 heavy (non-hydrogen) atoms. The Kier molecular flexibility index (Phi) is 5.24. The Bertz CT molecular complexity index is 1100. The Morgan fingerprint density at radius 2 is 1.83 bits per heavy atom. The summed E-state index contributed by atoms with van der Waals surface area (Å²) in [5.41, 5.74) is 0.576. The zero-order valence-corrected chi connectivity index (χ0v) is 17.5. The first kappa shape index (κ1) is 20.4. The average molecular weight is 448 g/mol. The molecule has 4 rings (SSSR count). The number of carbonyl (C=O) groups excluding carboxylic acids is 4. The van der Waals surface area contributed by atoms with Gasteiger partial charge in [-0.05, 0) is 31.2 Å². The highest BCUT2D eigenvalue weighted by Gasteiger charge is 2.58. The van der Waals surface area contributed by atoms with Gasteiger partial charge in [0.25, 0.3) is 0 Å². The Balaban J connectivity index is 1.70. The molecule has 2 amide bonds. The molecule has 1 saturated heterocycles. The van der Waals surface area contributed by atoms with Crippen LogP contribution >= 0.6 is 23.1 Å². The predicted octanol–water partition coefficient (Wildman–Crippen LogP) is 1.53. The molecule has 2 aliphatic rings. The molecule has 156 valence electrons. The van der Waals surface area contributed by atoms with Gasteiger partial charge in [-0.2, -0.15) is 0 Å². The van der Waals surface area contributed by atoms with E-state index < -0.39 is 40.8 Å². The number of H-pyrrole nitrogens is 1. The second-order valence-corrected chi connectivity index (χ2v) is 8.72. The minimum Gasteiger partial charge on any atom is -0.469 e. The zero-order valence-electron chi connectivity index (χ0n) is 15.9. The summed E-state index contributed by atoms with van der Waals surface area (Å²) in [6.07, 6.45) is 0.